The summed E-state index contributed by atoms with van der Waals surface area (Å²) >= 11 is 0. The van der Waals surface area contributed by atoms with Crippen molar-refractivity contribution in [2.75, 3.05) is 0 Å². The molecule has 0 spiro atoms. The zero-order valence-corrected chi connectivity index (χ0v) is 13.0. The van der Waals surface area contributed by atoms with Gasteiger partial charge in [-0.3, -0.25) is 9.59 Å². The first kappa shape index (κ1) is 16.6. The zero-order chi connectivity index (χ0) is 16.7. The Bertz CT molecular complexity index is 737. The van der Waals surface area contributed by atoms with Crippen LogP contribution in [0.4, 0.5) is 0 Å². The predicted octanol–water partition coefficient (Wildman–Crippen LogP) is 3.48. The summed E-state index contributed by atoms with van der Waals surface area (Å²) in [5, 5.41) is 1.88. The maximum Gasteiger partial charge on any atom is 0.311 e. The fraction of sp³-hybridized carbons (Fsp3) is 0.263. The van der Waals surface area contributed by atoms with E-state index in [9.17, 15) is 9.59 Å². The fourth-order valence-electron chi connectivity index (χ4n) is 2.13. The number of hydrogen-bond acceptors (Lipinski definition) is 4. The Labute approximate surface area is 135 Å². The molecule has 0 aromatic heterocycles. The van der Waals surface area contributed by atoms with E-state index in [0.29, 0.717) is 12.2 Å². The number of rotatable bonds is 6. The second kappa shape index (κ2) is 8.00. The van der Waals surface area contributed by atoms with Crippen LogP contribution in [0.1, 0.15) is 26.2 Å². The number of carbonyl (C=O) groups is 2. The van der Waals surface area contributed by atoms with Gasteiger partial charge in [0.25, 0.3) is 0 Å². The molecule has 0 saturated heterocycles. The molecule has 0 aliphatic carbocycles. The smallest absolute Gasteiger partial charge is 0.311 e. The van der Waals surface area contributed by atoms with Crippen molar-refractivity contribution in [1.82, 2.24) is 0 Å². The lowest BCUT2D eigenvalue weighted by Gasteiger charge is -2.08. The van der Waals surface area contributed by atoms with Crippen molar-refractivity contribution in [2.45, 2.75) is 32.3 Å². The summed E-state index contributed by atoms with van der Waals surface area (Å²) in [7, 11) is 0. The summed E-state index contributed by atoms with van der Waals surface area (Å²) < 4.78 is 10.3. The van der Waals surface area contributed by atoms with Crippen LogP contribution in [0.15, 0.2) is 42.5 Å². The number of hydrogen-bond donors (Lipinski definition) is 0. The Morgan fingerprint density at radius 3 is 2.57 bits per heavy atom. The van der Waals surface area contributed by atoms with Crippen molar-refractivity contribution in [3.63, 3.8) is 0 Å². The SMILES string of the molecule is C#CC(C)OC(=O)CCCC(=O)Oc1cccc2ccccc12. The molecule has 0 N–H and O–H groups in total. The average molecular weight is 310 g/mol. The standard InChI is InChI=1S/C19H18O4/c1-3-14(2)22-18(20)12-7-13-19(21)23-17-11-6-9-15-8-4-5-10-16(15)17/h1,4-6,8-11,14H,7,12-13H2,2H3. The molecular weight excluding hydrogens is 292 g/mol. The number of terminal acetylenes is 1. The van der Waals surface area contributed by atoms with Crippen LogP contribution in [0.3, 0.4) is 0 Å². The van der Waals surface area contributed by atoms with Gasteiger partial charge in [0.15, 0.2) is 6.10 Å². The average Bonchev–Trinajstić information content (AvgIpc) is 2.55. The van der Waals surface area contributed by atoms with Gasteiger partial charge in [0.05, 0.1) is 0 Å². The maximum absolute atomic E-state index is 11.9. The monoisotopic (exact) mass is 310 g/mol. The maximum atomic E-state index is 11.9. The molecule has 0 bridgehead atoms. The zero-order valence-electron chi connectivity index (χ0n) is 13.0. The molecule has 0 heterocycles. The largest absolute Gasteiger partial charge is 0.449 e. The Morgan fingerprint density at radius 2 is 1.78 bits per heavy atom. The highest BCUT2D eigenvalue weighted by molar-refractivity contribution is 5.90. The molecule has 0 amide bonds. The number of carbonyl (C=O) groups excluding carboxylic acids is 2. The molecule has 2 aromatic rings. The summed E-state index contributed by atoms with van der Waals surface area (Å²) in [4.78, 5) is 23.4. The lowest BCUT2D eigenvalue weighted by Crippen LogP contribution is -2.14. The van der Waals surface area contributed by atoms with E-state index in [1.807, 2.05) is 36.4 Å². The number of ether oxygens (including phenoxy) is 2. The molecule has 1 atom stereocenters. The fourth-order valence-corrected chi connectivity index (χ4v) is 2.13. The van der Waals surface area contributed by atoms with E-state index >= 15 is 0 Å². The molecule has 2 aromatic carbocycles. The van der Waals surface area contributed by atoms with Gasteiger partial charge in [0, 0.05) is 18.2 Å². The van der Waals surface area contributed by atoms with Crippen LogP contribution in [-0.4, -0.2) is 18.0 Å². The summed E-state index contributed by atoms with van der Waals surface area (Å²) in [5.41, 5.74) is 0. The topological polar surface area (TPSA) is 52.6 Å². The Balaban J connectivity index is 1.85. The van der Waals surface area contributed by atoms with E-state index in [2.05, 4.69) is 5.92 Å². The van der Waals surface area contributed by atoms with E-state index in [4.69, 9.17) is 15.9 Å². The molecule has 1 unspecified atom stereocenters. The van der Waals surface area contributed by atoms with Crippen LogP contribution in [-0.2, 0) is 14.3 Å². The van der Waals surface area contributed by atoms with Gasteiger partial charge >= 0.3 is 11.9 Å². The van der Waals surface area contributed by atoms with Crippen LogP contribution in [0, 0.1) is 12.3 Å². The molecule has 2 rings (SSSR count). The third-order valence-electron chi connectivity index (χ3n) is 3.28. The Hall–Kier alpha value is -2.80. The molecule has 118 valence electrons. The quantitative estimate of drug-likeness (QED) is 0.466. The molecule has 0 aliphatic rings. The first-order valence-corrected chi connectivity index (χ1v) is 7.44. The lowest BCUT2D eigenvalue weighted by atomic mass is 10.1. The predicted molar refractivity (Wildman–Crippen MR) is 87.8 cm³/mol. The molecular formula is C19H18O4. The van der Waals surface area contributed by atoms with Gasteiger partial charge in [0.2, 0.25) is 0 Å². The minimum Gasteiger partial charge on any atom is -0.449 e. The highest BCUT2D eigenvalue weighted by atomic mass is 16.5. The van der Waals surface area contributed by atoms with Crippen molar-refractivity contribution in [3.05, 3.63) is 42.5 Å². The van der Waals surface area contributed by atoms with E-state index in [-0.39, 0.29) is 18.8 Å². The van der Waals surface area contributed by atoms with Crippen molar-refractivity contribution in [2.24, 2.45) is 0 Å². The molecule has 0 radical (unpaired) electrons. The van der Waals surface area contributed by atoms with Gasteiger partial charge < -0.3 is 9.47 Å². The van der Waals surface area contributed by atoms with E-state index in [0.717, 1.165) is 10.8 Å². The van der Waals surface area contributed by atoms with Gasteiger partial charge in [-0.15, -0.1) is 6.42 Å². The second-order valence-corrected chi connectivity index (χ2v) is 5.10. The minimum atomic E-state index is -0.551. The first-order chi connectivity index (χ1) is 11.1. The highest BCUT2D eigenvalue weighted by Gasteiger charge is 2.11. The lowest BCUT2D eigenvalue weighted by molar-refractivity contribution is -0.146. The van der Waals surface area contributed by atoms with Crippen molar-refractivity contribution in [3.8, 4) is 18.1 Å². The highest BCUT2D eigenvalue weighted by Crippen LogP contribution is 2.25. The van der Waals surface area contributed by atoms with Crippen LogP contribution in [0.2, 0.25) is 0 Å². The third-order valence-corrected chi connectivity index (χ3v) is 3.28. The summed E-state index contributed by atoms with van der Waals surface area (Å²) in [6, 6.07) is 13.2. The first-order valence-electron chi connectivity index (χ1n) is 7.44. The van der Waals surface area contributed by atoms with E-state index < -0.39 is 12.1 Å². The normalized spacial score (nSPS) is 11.5. The number of benzene rings is 2. The minimum absolute atomic E-state index is 0.136. The molecule has 23 heavy (non-hydrogen) atoms. The third kappa shape index (κ3) is 4.86. The number of esters is 2. The molecule has 0 aliphatic heterocycles. The van der Waals surface area contributed by atoms with Crippen molar-refractivity contribution < 1.29 is 19.1 Å². The van der Waals surface area contributed by atoms with Crippen LogP contribution in [0.25, 0.3) is 10.8 Å². The van der Waals surface area contributed by atoms with Crippen LogP contribution in [0.5, 0.6) is 5.75 Å². The van der Waals surface area contributed by atoms with E-state index in [1.165, 1.54) is 0 Å². The molecule has 4 nitrogen and oxygen atoms in total. The molecule has 0 fully saturated rings. The van der Waals surface area contributed by atoms with E-state index in [1.54, 1.807) is 13.0 Å². The molecule has 4 heteroatoms. The van der Waals surface area contributed by atoms with Gasteiger partial charge in [-0.25, -0.2) is 0 Å². The summed E-state index contributed by atoms with van der Waals surface area (Å²) in [6.45, 7) is 1.62. The summed E-state index contributed by atoms with van der Waals surface area (Å²) in [6.07, 6.45) is 5.21. The Morgan fingerprint density at radius 1 is 1.09 bits per heavy atom. The van der Waals surface area contributed by atoms with Gasteiger partial charge in [-0.05, 0) is 24.8 Å². The summed E-state index contributed by atoms with van der Waals surface area (Å²) in [5.74, 6) is 2.05. The van der Waals surface area contributed by atoms with Gasteiger partial charge in [0.1, 0.15) is 5.75 Å². The van der Waals surface area contributed by atoms with Gasteiger partial charge in [-0.1, -0.05) is 42.3 Å². The van der Waals surface area contributed by atoms with Crippen molar-refractivity contribution in [1.29, 1.82) is 0 Å². The second-order valence-electron chi connectivity index (χ2n) is 5.10. The van der Waals surface area contributed by atoms with Crippen molar-refractivity contribution >= 4 is 22.7 Å². The van der Waals surface area contributed by atoms with Gasteiger partial charge in [-0.2, -0.15) is 0 Å². The van der Waals surface area contributed by atoms with Crippen LogP contribution >= 0.6 is 0 Å². The van der Waals surface area contributed by atoms with Crippen LogP contribution < -0.4 is 4.74 Å². The number of fused-ring (bicyclic) bond motifs is 1. The molecule has 0 saturated carbocycles. The Kier molecular flexibility index (Phi) is 5.76.